The lowest BCUT2D eigenvalue weighted by Crippen LogP contribution is -2.40. The number of hydrogen-bond acceptors (Lipinski definition) is 8. The van der Waals surface area contributed by atoms with Crippen LogP contribution in [0.2, 0.25) is 0 Å². The average molecular weight is 465 g/mol. The topological polar surface area (TPSA) is 145 Å². The van der Waals surface area contributed by atoms with Gasteiger partial charge in [0.1, 0.15) is 5.82 Å². The third kappa shape index (κ3) is 4.70. The Morgan fingerprint density at radius 1 is 1.09 bits per heavy atom. The third-order valence-corrected chi connectivity index (χ3v) is 5.78. The van der Waals surface area contributed by atoms with Crippen molar-refractivity contribution in [3.05, 3.63) is 87.1 Å². The van der Waals surface area contributed by atoms with Crippen molar-refractivity contribution in [3.8, 4) is 5.69 Å². The molecule has 0 fully saturated rings. The standard InChI is InChI=1S/C21H20N8O3S/c1-27(16(30)13-33-21-24-25-26-29(21)15-10-6-3-7-11-15)17-18(22)28(20(32)23-19(17)31)12-14-8-4-2-5-9-14/h2-11H,12-13,22H2,1H3,(H,23,31,32). The highest BCUT2D eigenvalue weighted by atomic mass is 32.2. The zero-order chi connectivity index (χ0) is 23.4. The van der Waals surface area contributed by atoms with Crippen molar-refractivity contribution in [1.82, 2.24) is 29.8 Å². The summed E-state index contributed by atoms with van der Waals surface area (Å²) in [5.74, 6) is -0.562. The van der Waals surface area contributed by atoms with Crippen LogP contribution in [0, 0.1) is 0 Å². The summed E-state index contributed by atoms with van der Waals surface area (Å²) >= 11 is 1.12. The number of aromatic nitrogens is 6. The summed E-state index contributed by atoms with van der Waals surface area (Å²) in [5.41, 5.74) is 6.25. The molecule has 1 amide bonds. The molecule has 0 atom stereocenters. The first-order valence-electron chi connectivity index (χ1n) is 9.85. The lowest BCUT2D eigenvalue weighted by Gasteiger charge is -2.20. The number of nitrogens with two attached hydrogens (primary N) is 1. The van der Waals surface area contributed by atoms with Gasteiger partial charge in [0.25, 0.3) is 5.56 Å². The lowest BCUT2D eigenvalue weighted by molar-refractivity contribution is -0.115. The highest BCUT2D eigenvalue weighted by Crippen LogP contribution is 2.21. The SMILES string of the molecule is CN(C(=O)CSc1nnnn1-c1ccccc1)c1c(N)n(Cc2ccccc2)c(=O)[nH]c1=O. The number of para-hydroxylation sites is 1. The first-order chi connectivity index (χ1) is 16.0. The van der Waals surface area contributed by atoms with E-state index in [1.54, 1.807) is 0 Å². The molecule has 11 nitrogen and oxygen atoms in total. The van der Waals surface area contributed by atoms with Gasteiger partial charge in [0.05, 0.1) is 18.0 Å². The summed E-state index contributed by atoms with van der Waals surface area (Å²) in [4.78, 5) is 41.1. The van der Waals surface area contributed by atoms with E-state index in [0.29, 0.717) is 5.16 Å². The fraction of sp³-hybridized carbons (Fsp3) is 0.143. The summed E-state index contributed by atoms with van der Waals surface area (Å²) in [5, 5.41) is 12.0. The van der Waals surface area contributed by atoms with Crippen molar-refractivity contribution in [2.45, 2.75) is 11.7 Å². The van der Waals surface area contributed by atoms with E-state index in [0.717, 1.165) is 27.9 Å². The molecule has 3 N–H and O–H groups in total. The molecule has 2 aromatic carbocycles. The summed E-state index contributed by atoms with van der Waals surface area (Å²) in [6, 6.07) is 18.4. The average Bonchev–Trinajstić information content (AvgIpc) is 3.30. The van der Waals surface area contributed by atoms with Crippen LogP contribution in [-0.4, -0.2) is 48.5 Å². The van der Waals surface area contributed by atoms with Gasteiger partial charge in [0.15, 0.2) is 5.69 Å². The second-order valence-electron chi connectivity index (χ2n) is 7.02. The van der Waals surface area contributed by atoms with E-state index in [4.69, 9.17) is 5.73 Å². The van der Waals surface area contributed by atoms with E-state index in [1.165, 1.54) is 16.3 Å². The van der Waals surface area contributed by atoms with Gasteiger partial charge in [-0.25, -0.2) is 4.79 Å². The minimum Gasteiger partial charge on any atom is -0.383 e. The Kier molecular flexibility index (Phi) is 6.36. The Morgan fingerprint density at radius 2 is 1.76 bits per heavy atom. The van der Waals surface area contributed by atoms with Gasteiger partial charge in [0.2, 0.25) is 11.1 Å². The maximum atomic E-state index is 12.9. The summed E-state index contributed by atoms with van der Waals surface area (Å²) in [7, 11) is 1.43. The van der Waals surface area contributed by atoms with E-state index in [9.17, 15) is 14.4 Å². The second kappa shape index (κ2) is 9.53. The van der Waals surface area contributed by atoms with Crippen molar-refractivity contribution in [2.24, 2.45) is 0 Å². The molecule has 33 heavy (non-hydrogen) atoms. The number of carbonyl (C=O) groups is 1. The van der Waals surface area contributed by atoms with E-state index >= 15 is 0 Å². The molecule has 2 aromatic heterocycles. The molecule has 4 aromatic rings. The Hall–Kier alpha value is -4.19. The van der Waals surface area contributed by atoms with Gasteiger partial charge in [-0.1, -0.05) is 60.3 Å². The largest absolute Gasteiger partial charge is 0.383 e. The number of nitrogens with one attached hydrogen (secondary N) is 1. The smallest absolute Gasteiger partial charge is 0.330 e. The Morgan fingerprint density at radius 3 is 2.45 bits per heavy atom. The van der Waals surface area contributed by atoms with Crippen LogP contribution in [0.15, 0.2) is 75.4 Å². The number of hydrogen-bond donors (Lipinski definition) is 2. The highest BCUT2D eigenvalue weighted by molar-refractivity contribution is 7.99. The van der Waals surface area contributed by atoms with Crippen molar-refractivity contribution in [3.63, 3.8) is 0 Å². The molecule has 0 radical (unpaired) electrons. The van der Waals surface area contributed by atoms with Gasteiger partial charge in [0, 0.05) is 7.05 Å². The highest BCUT2D eigenvalue weighted by Gasteiger charge is 2.22. The Balaban J connectivity index is 1.55. The number of carbonyl (C=O) groups excluding carboxylic acids is 1. The number of thioether (sulfide) groups is 1. The van der Waals surface area contributed by atoms with Gasteiger partial charge in [-0.15, -0.1) is 5.10 Å². The van der Waals surface area contributed by atoms with E-state index in [2.05, 4.69) is 20.5 Å². The molecule has 0 unspecified atom stereocenters. The fourth-order valence-electron chi connectivity index (χ4n) is 3.17. The molecule has 2 heterocycles. The number of rotatable bonds is 7. The maximum Gasteiger partial charge on any atom is 0.330 e. The monoisotopic (exact) mass is 464 g/mol. The van der Waals surface area contributed by atoms with Gasteiger partial charge < -0.3 is 10.6 Å². The van der Waals surface area contributed by atoms with Crippen molar-refractivity contribution in [2.75, 3.05) is 23.4 Å². The Bertz CT molecular complexity index is 1380. The Labute approximate surface area is 191 Å². The van der Waals surface area contributed by atoms with Crippen molar-refractivity contribution in [1.29, 1.82) is 0 Å². The lowest BCUT2D eigenvalue weighted by atomic mass is 10.2. The molecular formula is C21H20N8O3S. The quantitative estimate of drug-likeness (QED) is 0.384. The molecule has 0 spiro atoms. The molecule has 0 aliphatic carbocycles. The van der Waals surface area contributed by atoms with Crippen LogP contribution in [0.4, 0.5) is 11.5 Å². The summed E-state index contributed by atoms with van der Waals surface area (Å²) in [6.07, 6.45) is 0. The first-order valence-corrected chi connectivity index (χ1v) is 10.8. The number of nitrogen functional groups attached to an aromatic ring is 1. The third-order valence-electron chi connectivity index (χ3n) is 4.87. The first kappa shape index (κ1) is 22.0. The van der Waals surface area contributed by atoms with Gasteiger partial charge >= 0.3 is 5.69 Å². The van der Waals surface area contributed by atoms with E-state index in [-0.39, 0.29) is 23.8 Å². The number of tetrazole rings is 1. The zero-order valence-corrected chi connectivity index (χ0v) is 18.4. The number of benzene rings is 2. The molecule has 0 aliphatic rings. The van der Waals surface area contributed by atoms with Gasteiger partial charge in [-0.3, -0.25) is 19.1 Å². The molecular weight excluding hydrogens is 444 g/mol. The molecule has 168 valence electrons. The minimum atomic E-state index is -0.739. The van der Waals surface area contributed by atoms with Crippen LogP contribution < -0.4 is 21.9 Å². The molecule has 4 rings (SSSR count). The number of anilines is 2. The predicted molar refractivity (Wildman–Crippen MR) is 125 cm³/mol. The normalized spacial score (nSPS) is 10.8. The summed E-state index contributed by atoms with van der Waals surface area (Å²) < 4.78 is 2.73. The number of H-pyrrole nitrogens is 1. The molecule has 0 saturated carbocycles. The molecule has 12 heteroatoms. The van der Waals surface area contributed by atoms with Crippen molar-refractivity contribution < 1.29 is 4.79 Å². The molecule has 0 saturated heterocycles. The number of amides is 1. The molecule has 0 aliphatic heterocycles. The van der Waals surface area contributed by atoms with Gasteiger partial charge in [-0.05, 0) is 28.1 Å². The van der Waals surface area contributed by atoms with Crippen LogP contribution in [0.3, 0.4) is 0 Å². The minimum absolute atomic E-state index is 0.0552. The zero-order valence-electron chi connectivity index (χ0n) is 17.6. The fourth-order valence-corrected chi connectivity index (χ4v) is 3.98. The van der Waals surface area contributed by atoms with E-state index in [1.807, 2.05) is 60.7 Å². The predicted octanol–water partition coefficient (Wildman–Crippen LogP) is 0.898. The molecule has 0 bridgehead atoms. The van der Waals surface area contributed by atoms with E-state index < -0.39 is 17.2 Å². The van der Waals surface area contributed by atoms with Crippen LogP contribution >= 0.6 is 11.8 Å². The van der Waals surface area contributed by atoms with Crippen molar-refractivity contribution >= 4 is 29.2 Å². The van der Waals surface area contributed by atoms with Crippen LogP contribution in [0.5, 0.6) is 0 Å². The van der Waals surface area contributed by atoms with Gasteiger partial charge in [-0.2, -0.15) is 4.68 Å². The second-order valence-corrected chi connectivity index (χ2v) is 7.96. The van der Waals surface area contributed by atoms with Crippen LogP contribution in [0.25, 0.3) is 5.69 Å². The summed E-state index contributed by atoms with van der Waals surface area (Å²) in [6.45, 7) is 0.151. The maximum absolute atomic E-state index is 12.9. The van der Waals surface area contributed by atoms with Crippen LogP contribution in [0.1, 0.15) is 5.56 Å². The van der Waals surface area contributed by atoms with Crippen LogP contribution in [-0.2, 0) is 11.3 Å². The number of nitrogens with zero attached hydrogens (tertiary/aromatic N) is 6. The number of aromatic amines is 1.